The molecule has 2 aromatic heterocycles. The zero-order valence-corrected chi connectivity index (χ0v) is 12.9. The Labute approximate surface area is 128 Å². The Morgan fingerprint density at radius 2 is 2.00 bits per heavy atom. The first-order chi connectivity index (χ1) is 10.5. The van der Waals surface area contributed by atoms with Crippen molar-refractivity contribution < 1.29 is 14.3 Å². The van der Waals surface area contributed by atoms with Crippen LogP contribution in [0.4, 0.5) is 0 Å². The predicted molar refractivity (Wildman–Crippen MR) is 80.7 cm³/mol. The highest BCUT2D eigenvalue weighted by atomic mass is 16.5. The molecule has 0 fully saturated rings. The summed E-state index contributed by atoms with van der Waals surface area (Å²) in [7, 11) is 1.77. The van der Waals surface area contributed by atoms with Gasteiger partial charge in [-0.3, -0.25) is 14.3 Å². The molecule has 7 heteroatoms. The Kier molecular flexibility index (Phi) is 4.98. The van der Waals surface area contributed by atoms with Crippen LogP contribution in [0.3, 0.4) is 0 Å². The Morgan fingerprint density at radius 1 is 1.32 bits per heavy atom. The summed E-state index contributed by atoms with van der Waals surface area (Å²) in [6, 6.07) is 3.74. The Bertz CT molecular complexity index is 644. The number of ether oxygens (including phenoxy) is 1. The number of rotatable bonds is 6. The summed E-state index contributed by atoms with van der Waals surface area (Å²) >= 11 is 0. The lowest BCUT2D eigenvalue weighted by Gasteiger charge is -2.09. The van der Waals surface area contributed by atoms with E-state index in [1.54, 1.807) is 25.6 Å². The smallest absolute Gasteiger partial charge is 0.307 e. The molecule has 0 atom stereocenters. The number of carbonyl (C=O) groups is 2. The molecule has 0 unspecified atom stereocenters. The molecular formula is C15H20N4O3. The molecule has 0 saturated carbocycles. The molecule has 0 aliphatic carbocycles. The van der Waals surface area contributed by atoms with Crippen molar-refractivity contribution in [2.75, 3.05) is 6.54 Å². The van der Waals surface area contributed by atoms with Gasteiger partial charge in [0.15, 0.2) is 0 Å². The van der Waals surface area contributed by atoms with Crippen LogP contribution in [0.5, 0.6) is 0 Å². The van der Waals surface area contributed by atoms with Crippen LogP contribution in [0.25, 0.3) is 5.82 Å². The normalized spacial score (nSPS) is 10.7. The molecule has 118 valence electrons. The number of hydrogen-bond acceptors (Lipinski definition) is 4. The molecule has 0 saturated heterocycles. The first-order valence-corrected chi connectivity index (χ1v) is 7.12. The second kappa shape index (κ2) is 6.93. The van der Waals surface area contributed by atoms with Gasteiger partial charge in [0.2, 0.25) is 0 Å². The van der Waals surface area contributed by atoms with Gasteiger partial charge in [-0.25, -0.2) is 0 Å². The highest BCUT2D eigenvalue weighted by molar-refractivity contribution is 5.97. The fourth-order valence-electron chi connectivity index (χ4n) is 2.07. The molecule has 0 bridgehead atoms. The monoisotopic (exact) mass is 304 g/mol. The van der Waals surface area contributed by atoms with Crippen molar-refractivity contribution in [1.29, 1.82) is 0 Å². The number of aromatic nitrogens is 3. The topological polar surface area (TPSA) is 78.2 Å². The van der Waals surface area contributed by atoms with Gasteiger partial charge in [-0.2, -0.15) is 5.10 Å². The van der Waals surface area contributed by atoms with Crippen molar-refractivity contribution >= 4 is 11.9 Å². The Morgan fingerprint density at radius 3 is 2.64 bits per heavy atom. The number of nitrogens with zero attached hydrogens (tertiary/aromatic N) is 3. The van der Waals surface area contributed by atoms with Gasteiger partial charge in [0, 0.05) is 26.0 Å². The van der Waals surface area contributed by atoms with Crippen molar-refractivity contribution in [1.82, 2.24) is 19.7 Å². The minimum atomic E-state index is -0.327. The lowest BCUT2D eigenvalue weighted by Crippen LogP contribution is -2.27. The largest absolute Gasteiger partial charge is 0.463 e. The number of nitrogens with one attached hydrogen (secondary N) is 1. The van der Waals surface area contributed by atoms with Crippen molar-refractivity contribution in [2.45, 2.75) is 26.4 Å². The maximum absolute atomic E-state index is 12.2. The summed E-state index contributed by atoms with van der Waals surface area (Å²) in [6.07, 6.45) is 5.18. The van der Waals surface area contributed by atoms with E-state index in [0.29, 0.717) is 11.4 Å². The maximum atomic E-state index is 12.2. The summed E-state index contributed by atoms with van der Waals surface area (Å²) in [6.45, 7) is 3.80. The molecule has 2 heterocycles. The molecule has 0 spiro atoms. The van der Waals surface area contributed by atoms with Gasteiger partial charge in [-0.1, -0.05) is 0 Å². The molecule has 0 aliphatic rings. The quantitative estimate of drug-likeness (QED) is 0.816. The highest BCUT2D eigenvalue weighted by Crippen LogP contribution is 2.13. The van der Waals surface area contributed by atoms with Crippen LogP contribution in [0.2, 0.25) is 0 Å². The number of amides is 1. The summed E-state index contributed by atoms with van der Waals surface area (Å²) in [5.74, 6) is 0.0773. The fourth-order valence-corrected chi connectivity index (χ4v) is 2.07. The van der Waals surface area contributed by atoms with E-state index in [4.69, 9.17) is 4.74 Å². The van der Waals surface area contributed by atoms with Gasteiger partial charge in [0.05, 0.1) is 18.7 Å². The van der Waals surface area contributed by atoms with Gasteiger partial charge in [0.25, 0.3) is 5.91 Å². The molecule has 0 radical (unpaired) electrons. The molecular weight excluding hydrogens is 284 g/mol. The summed E-state index contributed by atoms with van der Waals surface area (Å²) < 4.78 is 8.46. The first kappa shape index (κ1) is 15.8. The predicted octanol–water partition coefficient (Wildman–Crippen LogP) is 1.28. The van der Waals surface area contributed by atoms with E-state index < -0.39 is 0 Å². The van der Waals surface area contributed by atoms with Crippen LogP contribution in [-0.2, 0) is 16.6 Å². The average molecular weight is 304 g/mol. The molecule has 0 aliphatic heterocycles. The van der Waals surface area contributed by atoms with Crippen LogP contribution in [0.15, 0.2) is 30.7 Å². The summed E-state index contributed by atoms with van der Waals surface area (Å²) in [4.78, 5) is 23.7. The maximum Gasteiger partial charge on any atom is 0.307 e. The molecule has 1 amide bonds. The van der Waals surface area contributed by atoms with Crippen molar-refractivity contribution in [3.8, 4) is 5.82 Å². The third kappa shape index (κ3) is 3.75. The van der Waals surface area contributed by atoms with Crippen molar-refractivity contribution in [2.24, 2.45) is 7.05 Å². The Balaban J connectivity index is 1.98. The highest BCUT2D eigenvalue weighted by Gasteiger charge is 2.17. The standard InChI is InChI=1S/C15H20N4O3/c1-11(2)22-13(20)6-7-16-14(21)12-10-17-18(3)15(12)19-8-4-5-9-19/h4-5,8-11H,6-7H2,1-3H3,(H,16,21). The number of hydrogen-bond donors (Lipinski definition) is 1. The van der Waals surface area contributed by atoms with Crippen LogP contribution in [0, 0.1) is 0 Å². The van der Waals surface area contributed by atoms with Crippen LogP contribution < -0.4 is 5.32 Å². The minimum absolute atomic E-state index is 0.142. The van der Waals surface area contributed by atoms with E-state index in [1.165, 1.54) is 6.20 Å². The van der Waals surface area contributed by atoms with Gasteiger partial charge in [0.1, 0.15) is 11.4 Å². The van der Waals surface area contributed by atoms with E-state index in [-0.39, 0.29) is 30.9 Å². The van der Waals surface area contributed by atoms with E-state index in [9.17, 15) is 9.59 Å². The third-order valence-corrected chi connectivity index (χ3v) is 2.98. The number of aryl methyl sites for hydroxylation is 1. The second-order valence-corrected chi connectivity index (χ2v) is 5.14. The van der Waals surface area contributed by atoms with Crippen LogP contribution in [-0.4, -0.2) is 38.9 Å². The molecule has 2 aromatic rings. The SMILES string of the molecule is CC(C)OC(=O)CCNC(=O)c1cnn(C)c1-n1cccc1. The lowest BCUT2D eigenvalue weighted by atomic mass is 10.3. The average Bonchev–Trinajstić information content (AvgIpc) is 3.06. The van der Waals surface area contributed by atoms with Gasteiger partial charge < -0.3 is 14.6 Å². The first-order valence-electron chi connectivity index (χ1n) is 7.12. The zero-order valence-electron chi connectivity index (χ0n) is 12.9. The minimum Gasteiger partial charge on any atom is -0.463 e. The molecule has 2 rings (SSSR count). The van der Waals surface area contributed by atoms with E-state index >= 15 is 0 Å². The third-order valence-electron chi connectivity index (χ3n) is 2.98. The summed E-state index contributed by atoms with van der Waals surface area (Å²) in [5, 5.41) is 6.83. The number of carbonyl (C=O) groups excluding carboxylic acids is 2. The van der Waals surface area contributed by atoms with Crippen LogP contribution in [0.1, 0.15) is 30.6 Å². The fraction of sp³-hybridized carbons (Fsp3) is 0.400. The molecule has 1 N–H and O–H groups in total. The molecule has 7 nitrogen and oxygen atoms in total. The van der Waals surface area contributed by atoms with Gasteiger partial charge >= 0.3 is 5.97 Å². The number of esters is 1. The van der Waals surface area contributed by atoms with E-state index in [2.05, 4.69) is 10.4 Å². The van der Waals surface area contributed by atoms with Crippen molar-refractivity contribution in [3.05, 3.63) is 36.3 Å². The van der Waals surface area contributed by atoms with Crippen LogP contribution >= 0.6 is 0 Å². The van der Waals surface area contributed by atoms with E-state index in [0.717, 1.165) is 0 Å². The Hall–Kier alpha value is -2.57. The molecule has 22 heavy (non-hydrogen) atoms. The van der Waals surface area contributed by atoms with Gasteiger partial charge in [-0.15, -0.1) is 0 Å². The van der Waals surface area contributed by atoms with E-state index in [1.807, 2.05) is 29.1 Å². The zero-order chi connectivity index (χ0) is 16.1. The lowest BCUT2D eigenvalue weighted by molar-refractivity contribution is -0.147. The summed E-state index contributed by atoms with van der Waals surface area (Å²) in [5.41, 5.74) is 0.455. The van der Waals surface area contributed by atoms with Gasteiger partial charge in [-0.05, 0) is 26.0 Å². The molecule has 0 aromatic carbocycles. The second-order valence-electron chi connectivity index (χ2n) is 5.14. The van der Waals surface area contributed by atoms with Crippen molar-refractivity contribution in [3.63, 3.8) is 0 Å².